The van der Waals surface area contributed by atoms with Crippen LogP contribution >= 0.6 is 11.6 Å². The molecule has 3 rings (SSSR count). The highest BCUT2D eigenvalue weighted by molar-refractivity contribution is 7.92. The number of anilines is 1. The van der Waals surface area contributed by atoms with Crippen LogP contribution in [0.15, 0.2) is 46.1 Å². The Bertz CT molecular complexity index is 1200. The van der Waals surface area contributed by atoms with E-state index in [0.717, 1.165) is 24.3 Å². The van der Waals surface area contributed by atoms with E-state index < -0.39 is 48.9 Å². The topological polar surface area (TPSA) is 108 Å². The van der Waals surface area contributed by atoms with Crippen LogP contribution in [-0.2, 0) is 16.2 Å². The van der Waals surface area contributed by atoms with E-state index >= 15 is 0 Å². The van der Waals surface area contributed by atoms with Gasteiger partial charge in [-0.05, 0) is 36.4 Å². The molecule has 2 aromatic carbocycles. The Hall–Kier alpha value is -2.86. The molecule has 3 aromatic rings. The summed E-state index contributed by atoms with van der Waals surface area (Å²) in [6.07, 6.45) is -4.81. The van der Waals surface area contributed by atoms with Crippen LogP contribution in [-0.4, -0.2) is 23.6 Å². The second-order valence-electron chi connectivity index (χ2n) is 5.50. The molecule has 0 unspecified atom stereocenters. The number of halogens is 5. The van der Waals surface area contributed by atoms with E-state index in [0.29, 0.717) is 12.1 Å². The van der Waals surface area contributed by atoms with Crippen molar-refractivity contribution in [2.24, 2.45) is 0 Å². The molecule has 0 amide bonds. The highest BCUT2D eigenvalue weighted by Crippen LogP contribution is 2.35. The van der Waals surface area contributed by atoms with Gasteiger partial charge in [0.15, 0.2) is 5.82 Å². The van der Waals surface area contributed by atoms with Crippen molar-refractivity contribution in [3.63, 3.8) is 0 Å². The van der Waals surface area contributed by atoms with Crippen molar-refractivity contribution in [2.75, 3.05) is 4.72 Å². The molecule has 0 aliphatic heterocycles. The minimum Gasteiger partial charge on any atom is -0.289 e. The molecule has 13 heteroatoms. The molecule has 1 aromatic heterocycles. The van der Waals surface area contributed by atoms with Crippen molar-refractivity contribution in [3.8, 4) is 11.4 Å². The summed E-state index contributed by atoms with van der Waals surface area (Å²) in [5.41, 5.74) is -2.60. The van der Waals surface area contributed by atoms with Gasteiger partial charge in [0.2, 0.25) is 0 Å². The van der Waals surface area contributed by atoms with E-state index in [9.17, 15) is 30.8 Å². The van der Waals surface area contributed by atoms with Gasteiger partial charge in [-0.2, -0.15) is 18.3 Å². The van der Waals surface area contributed by atoms with Gasteiger partial charge in [0.05, 0.1) is 16.3 Å². The molecule has 1 heterocycles. The van der Waals surface area contributed by atoms with E-state index in [1.807, 2.05) is 9.82 Å². The lowest BCUT2D eigenvalue weighted by Gasteiger charge is -2.14. The van der Waals surface area contributed by atoms with Crippen LogP contribution in [0.4, 0.5) is 23.2 Å². The summed E-state index contributed by atoms with van der Waals surface area (Å²) < 4.78 is 79.6. The van der Waals surface area contributed by atoms with Crippen molar-refractivity contribution in [1.29, 1.82) is 0 Å². The van der Waals surface area contributed by atoms with E-state index in [2.05, 4.69) is 10.1 Å². The van der Waals surface area contributed by atoms with Gasteiger partial charge < -0.3 is 0 Å². The van der Waals surface area contributed by atoms with Crippen molar-refractivity contribution >= 4 is 27.3 Å². The number of hydrogen-bond donors (Lipinski definition) is 3. The number of sulfonamides is 1. The van der Waals surface area contributed by atoms with Gasteiger partial charge >= 0.3 is 11.9 Å². The standard InChI is InChI=1S/C15H9ClF4N4O3S/c16-11-6-9(17)1-2-12(11)28(26,27)24-10-4-7(13-21-14(25)23-22-13)3-8(5-10)15(18,19)20/h1-6,24H,(H2,21,22,23,25). The fourth-order valence-corrected chi connectivity index (χ4v) is 3.87. The van der Waals surface area contributed by atoms with E-state index in [-0.39, 0.29) is 11.4 Å². The van der Waals surface area contributed by atoms with Crippen LogP contribution in [0.3, 0.4) is 0 Å². The first kappa shape index (κ1) is 19.9. The average Bonchev–Trinajstić information content (AvgIpc) is 2.99. The molecular formula is C15H9ClF4N4O3S. The third kappa shape index (κ3) is 4.17. The number of rotatable bonds is 4. The van der Waals surface area contributed by atoms with Crippen molar-refractivity contribution in [1.82, 2.24) is 15.2 Å². The number of alkyl halides is 3. The van der Waals surface area contributed by atoms with E-state index in [1.54, 1.807) is 0 Å². The smallest absolute Gasteiger partial charge is 0.289 e. The summed E-state index contributed by atoms with van der Waals surface area (Å²) in [5, 5.41) is 5.08. The minimum atomic E-state index is -4.81. The highest BCUT2D eigenvalue weighted by atomic mass is 35.5. The first-order valence-corrected chi connectivity index (χ1v) is 9.17. The van der Waals surface area contributed by atoms with Crippen molar-refractivity contribution in [2.45, 2.75) is 11.1 Å². The lowest BCUT2D eigenvalue weighted by Crippen LogP contribution is -2.15. The number of H-pyrrole nitrogens is 2. The summed E-state index contributed by atoms with van der Waals surface area (Å²) >= 11 is 5.72. The number of benzene rings is 2. The summed E-state index contributed by atoms with van der Waals surface area (Å²) in [6.45, 7) is 0. The van der Waals surface area contributed by atoms with Gasteiger partial charge in [0, 0.05) is 5.56 Å². The Morgan fingerprint density at radius 2 is 1.82 bits per heavy atom. The number of aromatic amines is 2. The zero-order chi connectivity index (χ0) is 20.7. The Morgan fingerprint density at radius 3 is 2.39 bits per heavy atom. The minimum absolute atomic E-state index is 0.198. The molecule has 0 aliphatic carbocycles. The van der Waals surface area contributed by atoms with Crippen LogP contribution in [0, 0.1) is 5.82 Å². The fourth-order valence-electron chi connectivity index (χ4n) is 2.30. The van der Waals surface area contributed by atoms with E-state index in [1.165, 1.54) is 0 Å². The summed E-state index contributed by atoms with van der Waals surface area (Å²) in [6, 6.07) is 4.75. The van der Waals surface area contributed by atoms with E-state index in [4.69, 9.17) is 11.6 Å². The molecule has 7 nitrogen and oxygen atoms in total. The maximum absolute atomic E-state index is 13.2. The Balaban J connectivity index is 2.09. The molecule has 0 saturated carbocycles. The number of aromatic nitrogens is 3. The molecule has 0 bridgehead atoms. The van der Waals surface area contributed by atoms with Gasteiger partial charge in [0.1, 0.15) is 10.7 Å². The molecule has 148 valence electrons. The van der Waals surface area contributed by atoms with Crippen LogP contribution in [0.25, 0.3) is 11.4 Å². The normalized spacial score (nSPS) is 12.2. The molecule has 3 N–H and O–H groups in total. The molecule has 0 radical (unpaired) electrons. The van der Waals surface area contributed by atoms with Crippen molar-refractivity contribution < 1.29 is 26.0 Å². The Morgan fingerprint density at radius 1 is 1.11 bits per heavy atom. The molecule has 0 fully saturated rings. The first-order chi connectivity index (χ1) is 13.0. The Kier molecular flexibility index (Phi) is 4.93. The van der Waals surface area contributed by atoms with Crippen LogP contribution < -0.4 is 10.4 Å². The van der Waals surface area contributed by atoms with Gasteiger partial charge in [-0.25, -0.2) is 22.7 Å². The molecule has 0 aliphatic rings. The predicted molar refractivity (Wildman–Crippen MR) is 91.9 cm³/mol. The number of nitrogens with one attached hydrogen (secondary N) is 3. The third-order valence-electron chi connectivity index (χ3n) is 3.47. The lowest BCUT2D eigenvalue weighted by molar-refractivity contribution is -0.137. The summed E-state index contributed by atoms with van der Waals surface area (Å²) in [7, 11) is -4.43. The number of hydrogen-bond acceptors (Lipinski definition) is 4. The van der Waals surface area contributed by atoms with Gasteiger partial charge in [-0.1, -0.05) is 11.6 Å². The lowest BCUT2D eigenvalue weighted by atomic mass is 10.1. The van der Waals surface area contributed by atoms with Gasteiger partial charge in [-0.3, -0.25) is 9.71 Å². The summed E-state index contributed by atoms with van der Waals surface area (Å²) in [5.74, 6) is -1.01. The SMILES string of the molecule is O=c1[nH]nc(-c2cc(NS(=O)(=O)c3ccc(F)cc3Cl)cc(C(F)(F)F)c2)[nH]1. The second kappa shape index (κ2) is 6.95. The largest absolute Gasteiger partial charge is 0.416 e. The summed E-state index contributed by atoms with van der Waals surface area (Å²) in [4.78, 5) is 12.8. The molecular weight excluding hydrogens is 428 g/mol. The molecule has 0 saturated heterocycles. The quantitative estimate of drug-likeness (QED) is 0.545. The highest BCUT2D eigenvalue weighted by Gasteiger charge is 2.32. The molecule has 28 heavy (non-hydrogen) atoms. The zero-order valence-electron chi connectivity index (χ0n) is 13.4. The third-order valence-corrected chi connectivity index (χ3v) is 5.33. The average molecular weight is 437 g/mol. The monoisotopic (exact) mass is 436 g/mol. The van der Waals surface area contributed by atoms with Crippen LogP contribution in [0.2, 0.25) is 5.02 Å². The van der Waals surface area contributed by atoms with Gasteiger partial charge in [-0.15, -0.1) is 0 Å². The maximum Gasteiger partial charge on any atom is 0.416 e. The second-order valence-corrected chi connectivity index (χ2v) is 7.56. The predicted octanol–water partition coefficient (Wildman–Crippen LogP) is 3.38. The van der Waals surface area contributed by atoms with Crippen LogP contribution in [0.5, 0.6) is 0 Å². The number of nitrogens with zero attached hydrogens (tertiary/aromatic N) is 1. The fraction of sp³-hybridized carbons (Fsp3) is 0.0667. The molecule has 0 spiro atoms. The Labute approximate surface area is 159 Å². The first-order valence-electron chi connectivity index (χ1n) is 7.31. The van der Waals surface area contributed by atoms with Gasteiger partial charge in [0.25, 0.3) is 10.0 Å². The van der Waals surface area contributed by atoms with Crippen molar-refractivity contribution in [3.05, 3.63) is 63.3 Å². The maximum atomic E-state index is 13.2. The zero-order valence-corrected chi connectivity index (χ0v) is 15.0. The molecule has 0 atom stereocenters. The van der Waals surface area contributed by atoms with Crippen LogP contribution in [0.1, 0.15) is 5.56 Å².